The predicted octanol–water partition coefficient (Wildman–Crippen LogP) is 4.57. The topological polar surface area (TPSA) is 103 Å². The maximum absolute atomic E-state index is 12.2. The van der Waals surface area contributed by atoms with Crippen molar-refractivity contribution in [1.82, 2.24) is 5.43 Å². The molecule has 8 nitrogen and oxygen atoms in total. The number of nitrogens with one attached hydrogen (secondary N) is 1. The molecule has 0 aliphatic rings. The van der Waals surface area contributed by atoms with Gasteiger partial charge in [-0.25, -0.2) is 5.43 Å². The van der Waals surface area contributed by atoms with E-state index in [1.807, 2.05) is 32.0 Å². The first kappa shape index (κ1) is 23.5. The van der Waals surface area contributed by atoms with Crippen molar-refractivity contribution in [2.45, 2.75) is 26.9 Å². The van der Waals surface area contributed by atoms with E-state index < -0.39 is 10.8 Å². The molecule has 0 bridgehead atoms. The first-order valence-electron chi connectivity index (χ1n) is 10.5. The molecule has 1 N–H and O–H groups in total. The third-order valence-electron chi connectivity index (χ3n) is 4.69. The average Bonchev–Trinajstić information content (AvgIpc) is 2.79. The first-order chi connectivity index (χ1) is 16.0. The number of nitro groups is 1. The third kappa shape index (κ3) is 6.90. The van der Waals surface area contributed by atoms with Gasteiger partial charge in [0.1, 0.15) is 6.61 Å². The molecule has 3 rings (SSSR count). The third-order valence-corrected chi connectivity index (χ3v) is 4.69. The summed E-state index contributed by atoms with van der Waals surface area (Å²) in [6.45, 7) is 4.79. The van der Waals surface area contributed by atoms with Crippen molar-refractivity contribution in [2.24, 2.45) is 5.10 Å². The van der Waals surface area contributed by atoms with E-state index in [0.29, 0.717) is 35.8 Å². The second-order valence-corrected chi connectivity index (χ2v) is 7.27. The Morgan fingerprint density at radius 3 is 2.64 bits per heavy atom. The Morgan fingerprint density at radius 2 is 1.88 bits per heavy atom. The number of benzene rings is 3. The summed E-state index contributed by atoms with van der Waals surface area (Å²) in [5, 5.41) is 15.0. The minimum Gasteiger partial charge on any atom is -0.490 e. The van der Waals surface area contributed by atoms with Crippen LogP contribution in [0.3, 0.4) is 0 Å². The van der Waals surface area contributed by atoms with Gasteiger partial charge in [0.15, 0.2) is 11.5 Å². The van der Waals surface area contributed by atoms with Crippen LogP contribution in [0.15, 0.2) is 71.8 Å². The smallest absolute Gasteiger partial charge is 0.273 e. The molecule has 8 heteroatoms. The van der Waals surface area contributed by atoms with E-state index in [0.717, 1.165) is 11.1 Å². The van der Waals surface area contributed by atoms with Crippen LogP contribution in [0.2, 0.25) is 0 Å². The molecular weight excluding hydrogens is 422 g/mol. The number of ether oxygens (including phenoxy) is 2. The first-order valence-corrected chi connectivity index (χ1v) is 10.5. The molecule has 0 heterocycles. The van der Waals surface area contributed by atoms with E-state index in [-0.39, 0.29) is 12.1 Å². The van der Waals surface area contributed by atoms with Crippen LogP contribution in [0.1, 0.15) is 29.2 Å². The number of hydrazone groups is 1. The molecule has 0 spiro atoms. The van der Waals surface area contributed by atoms with Gasteiger partial charge in [0.05, 0.1) is 24.2 Å². The maximum Gasteiger partial charge on any atom is 0.273 e. The summed E-state index contributed by atoms with van der Waals surface area (Å²) < 4.78 is 11.6. The molecule has 33 heavy (non-hydrogen) atoms. The normalized spacial score (nSPS) is 10.7. The molecular formula is C25H25N3O5. The summed E-state index contributed by atoms with van der Waals surface area (Å²) in [5.74, 6) is 0.722. The number of hydrogen-bond donors (Lipinski definition) is 1. The minimum absolute atomic E-state index is 0.0979. The molecule has 0 aliphatic heterocycles. The summed E-state index contributed by atoms with van der Waals surface area (Å²) >= 11 is 0. The Hall–Kier alpha value is -4.20. The molecule has 170 valence electrons. The molecule has 0 saturated heterocycles. The molecule has 3 aromatic carbocycles. The Bertz CT molecular complexity index is 1160. The summed E-state index contributed by atoms with van der Waals surface area (Å²) in [6.07, 6.45) is 1.33. The van der Waals surface area contributed by atoms with Crippen molar-refractivity contribution in [3.63, 3.8) is 0 Å². The van der Waals surface area contributed by atoms with Gasteiger partial charge in [-0.2, -0.15) is 5.10 Å². The predicted molar refractivity (Wildman–Crippen MR) is 126 cm³/mol. The molecule has 1 amide bonds. The fourth-order valence-electron chi connectivity index (χ4n) is 3.19. The highest BCUT2D eigenvalue weighted by molar-refractivity contribution is 5.84. The Labute approximate surface area is 192 Å². The number of para-hydroxylation sites is 1. The van der Waals surface area contributed by atoms with Crippen molar-refractivity contribution in [3.05, 3.63) is 99.1 Å². The molecule has 0 aromatic heterocycles. The monoisotopic (exact) mass is 447 g/mol. The van der Waals surface area contributed by atoms with Crippen LogP contribution in [0, 0.1) is 17.0 Å². The zero-order valence-electron chi connectivity index (χ0n) is 18.5. The summed E-state index contributed by atoms with van der Waals surface area (Å²) in [4.78, 5) is 22.7. The second kappa shape index (κ2) is 11.4. The minimum atomic E-state index is -0.510. The maximum atomic E-state index is 12.2. The summed E-state index contributed by atoms with van der Waals surface area (Å²) in [5.41, 5.74) is 5.55. The lowest BCUT2D eigenvalue weighted by atomic mass is 10.1. The average molecular weight is 447 g/mol. The van der Waals surface area contributed by atoms with Gasteiger partial charge in [0.2, 0.25) is 5.91 Å². The van der Waals surface area contributed by atoms with E-state index in [9.17, 15) is 14.9 Å². The lowest BCUT2D eigenvalue weighted by Crippen LogP contribution is -2.20. The number of hydrogen-bond acceptors (Lipinski definition) is 6. The van der Waals surface area contributed by atoms with Gasteiger partial charge in [-0.3, -0.25) is 14.9 Å². The van der Waals surface area contributed by atoms with E-state index in [1.54, 1.807) is 36.4 Å². The molecule has 0 atom stereocenters. The zero-order valence-corrected chi connectivity index (χ0v) is 18.5. The lowest BCUT2D eigenvalue weighted by Gasteiger charge is -2.13. The number of carbonyl (C=O) groups is 1. The van der Waals surface area contributed by atoms with Gasteiger partial charge in [-0.15, -0.1) is 0 Å². The summed E-state index contributed by atoms with van der Waals surface area (Å²) in [7, 11) is 0. The van der Waals surface area contributed by atoms with Gasteiger partial charge < -0.3 is 9.47 Å². The van der Waals surface area contributed by atoms with Crippen LogP contribution in [-0.2, 0) is 17.8 Å². The number of rotatable bonds is 10. The zero-order chi connectivity index (χ0) is 23.6. The van der Waals surface area contributed by atoms with Crippen molar-refractivity contribution >= 4 is 17.8 Å². The second-order valence-electron chi connectivity index (χ2n) is 7.27. The molecule has 0 saturated carbocycles. The van der Waals surface area contributed by atoms with Crippen molar-refractivity contribution < 1.29 is 19.2 Å². The number of nitro benzene ring substituents is 1. The van der Waals surface area contributed by atoms with Crippen molar-refractivity contribution in [3.8, 4) is 11.5 Å². The lowest BCUT2D eigenvalue weighted by molar-refractivity contribution is -0.385. The quantitative estimate of drug-likeness (QED) is 0.278. The van der Waals surface area contributed by atoms with Gasteiger partial charge >= 0.3 is 0 Å². The highest BCUT2D eigenvalue weighted by Gasteiger charge is 2.15. The molecule has 0 aliphatic carbocycles. The highest BCUT2D eigenvalue weighted by atomic mass is 16.6. The Kier molecular flexibility index (Phi) is 8.13. The SMILES string of the molecule is CCOc1cc(C=NNC(=O)Cc2ccccc2[N+](=O)[O-])ccc1OCc1cccc(C)c1. The van der Waals surface area contributed by atoms with E-state index in [4.69, 9.17) is 9.47 Å². The van der Waals surface area contributed by atoms with Crippen LogP contribution in [0.5, 0.6) is 11.5 Å². The number of amides is 1. The van der Waals surface area contributed by atoms with Gasteiger partial charge in [-0.05, 0) is 43.2 Å². The van der Waals surface area contributed by atoms with Crippen molar-refractivity contribution in [1.29, 1.82) is 0 Å². The molecule has 0 unspecified atom stereocenters. The van der Waals surface area contributed by atoms with Crippen LogP contribution in [-0.4, -0.2) is 23.7 Å². The van der Waals surface area contributed by atoms with Gasteiger partial charge in [0.25, 0.3) is 5.69 Å². The fourth-order valence-corrected chi connectivity index (χ4v) is 3.19. The van der Waals surface area contributed by atoms with Crippen molar-refractivity contribution in [2.75, 3.05) is 6.61 Å². The van der Waals surface area contributed by atoms with Crippen LogP contribution < -0.4 is 14.9 Å². The largest absolute Gasteiger partial charge is 0.490 e. The van der Waals surface area contributed by atoms with E-state index in [1.165, 1.54) is 12.3 Å². The fraction of sp³-hybridized carbons (Fsp3) is 0.200. The van der Waals surface area contributed by atoms with Crippen LogP contribution >= 0.6 is 0 Å². The van der Waals surface area contributed by atoms with Gasteiger partial charge in [-0.1, -0.05) is 48.0 Å². The molecule has 0 radical (unpaired) electrons. The Balaban J connectivity index is 1.62. The van der Waals surface area contributed by atoms with Crippen LogP contribution in [0.25, 0.3) is 0 Å². The number of nitrogens with zero attached hydrogens (tertiary/aromatic N) is 2. The number of carbonyl (C=O) groups excluding carboxylic acids is 1. The summed E-state index contributed by atoms with van der Waals surface area (Å²) in [6, 6.07) is 19.6. The standard InChI is InChI=1S/C25H25N3O5/c1-3-32-24-14-19(11-12-23(24)33-17-20-8-6-7-18(2)13-20)16-26-27-25(29)15-21-9-4-5-10-22(21)28(30)31/h4-14,16H,3,15,17H2,1-2H3,(H,27,29). The van der Waals surface area contributed by atoms with E-state index in [2.05, 4.69) is 16.6 Å². The van der Waals surface area contributed by atoms with Crippen LogP contribution in [0.4, 0.5) is 5.69 Å². The number of aryl methyl sites for hydroxylation is 1. The highest BCUT2D eigenvalue weighted by Crippen LogP contribution is 2.29. The van der Waals surface area contributed by atoms with Gasteiger partial charge in [0, 0.05) is 11.6 Å². The van der Waals surface area contributed by atoms with E-state index >= 15 is 0 Å². The Morgan fingerprint density at radius 1 is 1.06 bits per heavy atom. The molecule has 3 aromatic rings. The molecule has 0 fully saturated rings.